The van der Waals surface area contributed by atoms with E-state index >= 15 is 0 Å². The summed E-state index contributed by atoms with van der Waals surface area (Å²) in [6.07, 6.45) is 0. The van der Waals surface area contributed by atoms with Crippen molar-refractivity contribution in [1.82, 2.24) is 9.97 Å². The number of para-hydroxylation sites is 2. The first-order valence-corrected chi connectivity index (χ1v) is 8.57. The maximum atomic E-state index is 6.07. The second kappa shape index (κ2) is 7.07. The van der Waals surface area contributed by atoms with E-state index in [2.05, 4.69) is 36.1 Å². The van der Waals surface area contributed by atoms with Gasteiger partial charge in [0.15, 0.2) is 5.82 Å². The number of hydrogen-bond acceptors (Lipinski definition) is 5. The Bertz CT molecular complexity index is 858. The monoisotopic (exact) mass is 335 g/mol. The highest BCUT2D eigenvalue weighted by Gasteiger charge is 2.19. The average Bonchev–Trinajstić information content (AvgIpc) is 2.67. The van der Waals surface area contributed by atoms with Crippen LogP contribution in [0, 0.1) is 6.92 Å². The lowest BCUT2D eigenvalue weighted by Crippen LogP contribution is -2.37. The van der Waals surface area contributed by atoms with E-state index in [0.29, 0.717) is 25.7 Å². The van der Waals surface area contributed by atoms with Crippen LogP contribution in [0.25, 0.3) is 11.0 Å². The molecule has 0 aliphatic carbocycles. The van der Waals surface area contributed by atoms with Gasteiger partial charge < -0.3 is 14.4 Å². The molecular weight excluding hydrogens is 314 g/mol. The smallest absolute Gasteiger partial charge is 0.258 e. The minimum atomic E-state index is 0.477. The fourth-order valence-electron chi connectivity index (χ4n) is 2.89. The molecular formula is C20H21N3O2. The number of nitrogens with zero attached hydrogens (tertiary/aromatic N) is 3. The highest BCUT2D eigenvalue weighted by atomic mass is 16.5. The van der Waals surface area contributed by atoms with Gasteiger partial charge in [-0.1, -0.05) is 42.0 Å². The normalized spacial score (nSPS) is 14.7. The number of fused-ring (bicyclic) bond motifs is 1. The van der Waals surface area contributed by atoms with Crippen molar-refractivity contribution in [1.29, 1.82) is 0 Å². The second-order valence-electron chi connectivity index (χ2n) is 6.21. The topological polar surface area (TPSA) is 47.5 Å². The summed E-state index contributed by atoms with van der Waals surface area (Å²) in [4.78, 5) is 11.7. The molecule has 0 bridgehead atoms. The molecule has 128 valence electrons. The Morgan fingerprint density at radius 2 is 1.64 bits per heavy atom. The van der Waals surface area contributed by atoms with E-state index in [4.69, 9.17) is 19.4 Å². The maximum Gasteiger partial charge on any atom is 0.258 e. The van der Waals surface area contributed by atoms with Gasteiger partial charge in [0.2, 0.25) is 0 Å². The van der Waals surface area contributed by atoms with E-state index in [1.165, 1.54) is 5.56 Å². The maximum absolute atomic E-state index is 6.07. The minimum Gasteiger partial charge on any atom is -0.470 e. The second-order valence-corrected chi connectivity index (χ2v) is 6.21. The predicted molar refractivity (Wildman–Crippen MR) is 98.1 cm³/mol. The Morgan fingerprint density at radius 1 is 0.960 bits per heavy atom. The summed E-state index contributed by atoms with van der Waals surface area (Å²) >= 11 is 0. The first kappa shape index (κ1) is 15.8. The van der Waals surface area contributed by atoms with Crippen molar-refractivity contribution in [3.8, 4) is 5.88 Å². The van der Waals surface area contributed by atoms with Crippen LogP contribution in [0.1, 0.15) is 11.1 Å². The Hall–Kier alpha value is -2.66. The molecule has 0 amide bonds. The average molecular weight is 335 g/mol. The number of ether oxygens (including phenoxy) is 2. The third-order valence-electron chi connectivity index (χ3n) is 4.33. The van der Waals surface area contributed by atoms with Crippen molar-refractivity contribution in [3.63, 3.8) is 0 Å². The van der Waals surface area contributed by atoms with Gasteiger partial charge in [-0.15, -0.1) is 0 Å². The molecule has 0 radical (unpaired) electrons. The van der Waals surface area contributed by atoms with Gasteiger partial charge in [0, 0.05) is 13.1 Å². The van der Waals surface area contributed by atoms with E-state index in [1.807, 2.05) is 24.3 Å². The molecule has 5 nitrogen and oxygen atoms in total. The summed E-state index contributed by atoms with van der Waals surface area (Å²) in [6.45, 7) is 5.56. The van der Waals surface area contributed by atoms with E-state index in [1.54, 1.807) is 0 Å². The zero-order valence-electron chi connectivity index (χ0n) is 14.3. The number of aromatic nitrogens is 2. The predicted octanol–water partition coefficient (Wildman–Crippen LogP) is 3.35. The van der Waals surface area contributed by atoms with Gasteiger partial charge in [-0.3, -0.25) is 0 Å². The summed E-state index contributed by atoms with van der Waals surface area (Å²) in [6, 6.07) is 16.2. The van der Waals surface area contributed by atoms with Crippen molar-refractivity contribution < 1.29 is 9.47 Å². The van der Waals surface area contributed by atoms with Crippen LogP contribution in [0.5, 0.6) is 5.88 Å². The van der Waals surface area contributed by atoms with E-state index in [0.717, 1.165) is 35.5 Å². The molecule has 0 atom stereocenters. The van der Waals surface area contributed by atoms with Crippen LogP contribution in [-0.2, 0) is 11.3 Å². The molecule has 0 saturated carbocycles. The van der Waals surface area contributed by atoms with Crippen LogP contribution in [0.15, 0.2) is 48.5 Å². The number of rotatable bonds is 4. The lowest BCUT2D eigenvalue weighted by atomic mass is 10.2. The van der Waals surface area contributed by atoms with Gasteiger partial charge in [-0.25, -0.2) is 9.97 Å². The van der Waals surface area contributed by atoms with Gasteiger partial charge >= 0.3 is 0 Å². The molecule has 3 aromatic rings. The summed E-state index contributed by atoms with van der Waals surface area (Å²) < 4.78 is 11.5. The fourth-order valence-corrected chi connectivity index (χ4v) is 2.89. The van der Waals surface area contributed by atoms with Gasteiger partial charge in [-0.2, -0.15) is 0 Å². The van der Waals surface area contributed by atoms with Crippen LogP contribution in [0.2, 0.25) is 0 Å². The Kier molecular flexibility index (Phi) is 4.48. The SMILES string of the molecule is Cc1ccc(COc2nc3ccccc3nc2N2CCOCC2)cc1. The molecule has 1 saturated heterocycles. The van der Waals surface area contributed by atoms with Crippen molar-refractivity contribution in [2.24, 2.45) is 0 Å². The summed E-state index contributed by atoms with van der Waals surface area (Å²) in [5, 5.41) is 0. The van der Waals surface area contributed by atoms with Gasteiger partial charge in [0.1, 0.15) is 6.61 Å². The van der Waals surface area contributed by atoms with Crippen LogP contribution < -0.4 is 9.64 Å². The summed E-state index contributed by atoms with van der Waals surface area (Å²) in [7, 11) is 0. The largest absolute Gasteiger partial charge is 0.470 e. The zero-order valence-corrected chi connectivity index (χ0v) is 14.3. The quantitative estimate of drug-likeness (QED) is 0.732. The molecule has 1 aromatic heterocycles. The third kappa shape index (κ3) is 3.56. The van der Waals surface area contributed by atoms with Crippen LogP contribution in [0.4, 0.5) is 5.82 Å². The van der Waals surface area contributed by atoms with Crippen molar-refractivity contribution in [2.75, 3.05) is 31.2 Å². The van der Waals surface area contributed by atoms with Crippen molar-refractivity contribution in [2.45, 2.75) is 13.5 Å². The van der Waals surface area contributed by atoms with E-state index < -0.39 is 0 Å². The van der Waals surface area contributed by atoms with E-state index in [-0.39, 0.29) is 0 Å². The first-order valence-electron chi connectivity index (χ1n) is 8.57. The third-order valence-corrected chi connectivity index (χ3v) is 4.33. The molecule has 1 aliphatic rings. The molecule has 5 heteroatoms. The lowest BCUT2D eigenvalue weighted by Gasteiger charge is -2.28. The molecule has 0 spiro atoms. The molecule has 25 heavy (non-hydrogen) atoms. The molecule has 1 aliphatic heterocycles. The molecule has 2 heterocycles. The molecule has 0 N–H and O–H groups in total. The highest BCUT2D eigenvalue weighted by molar-refractivity contribution is 5.77. The minimum absolute atomic E-state index is 0.477. The van der Waals surface area contributed by atoms with Crippen LogP contribution in [-0.4, -0.2) is 36.3 Å². The number of benzene rings is 2. The fraction of sp³-hybridized carbons (Fsp3) is 0.300. The molecule has 0 unspecified atom stereocenters. The number of morpholine rings is 1. The number of anilines is 1. The zero-order chi connectivity index (χ0) is 17.1. The molecule has 1 fully saturated rings. The Balaban J connectivity index is 1.65. The standard InChI is InChI=1S/C20H21N3O2/c1-15-6-8-16(9-7-15)14-25-20-19(23-10-12-24-13-11-23)21-17-4-2-3-5-18(17)22-20/h2-9H,10-14H2,1H3. The number of hydrogen-bond donors (Lipinski definition) is 0. The van der Waals surface area contributed by atoms with Crippen LogP contribution >= 0.6 is 0 Å². The lowest BCUT2D eigenvalue weighted by molar-refractivity contribution is 0.122. The van der Waals surface area contributed by atoms with Gasteiger partial charge in [-0.05, 0) is 24.6 Å². The molecule has 2 aromatic carbocycles. The van der Waals surface area contributed by atoms with E-state index in [9.17, 15) is 0 Å². The number of aryl methyl sites for hydroxylation is 1. The Labute approximate surface area is 147 Å². The first-order chi connectivity index (χ1) is 12.3. The van der Waals surface area contributed by atoms with Crippen molar-refractivity contribution >= 4 is 16.9 Å². The van der Waals surface area contributed by atoms with Crippen molar-refractivity contribution in [3.05, 3.63) is 59.7 Å². The van der Waals surface area contributed by atoms with Gasteiger partial charge in [0.05, 0.1) is 24.2 Å². The van der Waals surface area contributed by atoms with Gasteiger partial charge in [0.25, 0.3) is 5.88 Å². The summed E-state index contributed by atoms with van der Waals surface area (Å²) in [5.74, 6) is 1.38. The summed E-state index contributed by atoms with van der Waals surface area (Å²) in [5.41, 5.74) is 4.09. The highest BCUT2D eigenvalue weighted by Crippen LogP contribution is 2.28. The van der Waals surface area contributed by atoms with Crippen LogP contribution in [0.3, 0.4) is 0 Å². The Morgan fingerprint density at radius 3 is 2.36 bits per heavy atom. The molecule has 4 rings (SSSR count).